The van der Waals surface area contributed by atoms with Crippen LogP contribution in [-0.4, -0.2) is 9.38 Å². The van der Waals surface area contributed by atoms with Crippen LogP contribution in [0.3, 0.4) is 0 Å². The number of hydrogen-bond donors (Lipinski definition) is 0. The summed E-state index contributed by atoms with van der Waals surface area (Å²) in [4.78, 5) is 6.89. The van der Waals surface area contributed by atoms with Crippen LogP contribution in [0, 0.1) is 0 Å². The summed E-state index contributed by atoms with van der Waals surface area (Å²) in [5.41, 5.74) is 0. The zero-order chi connectivity index (χ0) is 7.97. The molecule has 0 spiro atoms. The van der Waals surface area contributed by atoms with E-state index in [2.05, 4.69) is 15.6 Å². The summed E-state index contributed by atoms with van der Waals surface area (Å²) in [6.45, 7) is 0. The van der Waals surface area contributed by atoms with Crippen molar-refractivity contribution in [2.75, 3.05) is 0 Å². The monoisotopic (exact) mass is 178 g/mol. The molecule has 0 radical (unpaired) electrons. The lowest BCUT2D eigenvalue weighted by Crippen LogP contribution is -2.06. The predicted octanol–water partition coefficient (Wildman–Crippen LogP) is 2.66. The number of nitrogens with zero attached hydrogens (tertiary/aromatic N) is 2. The molecule has 2 aromatic heterocycles. The zero-order valence-corrected chi connectivity index (χ0v) is 7.55. The standard InChI is InChI=1S/C9H10N2S/c1-2-7(3-1)8-5-11-6-10-4-9(11)12-8/h4-7H,1-3H2. The van der Waals surface area contributed by atoms with Crippen molar-refractivity contribution in [2.24, 2.45) is 0 Å². The fourth-order valence-corrected chi connectivity index (χ4v) is 2.76. The number of fused-ring (bicyclic) bond motifs is 1. The summed E-state index contributed by atoms with van der Waals surface area (Å²) >= 11 is 1.89. The normalized spacial score (nSPS) is 18.3. The highest BCUT2D eigenvalue weighted by molar-refractivity contribution is 7.17. The molecule has 0 aliphatic heterocycles. The molecule has 3 rings (SSSR count). The van der Waals surface area contributed by atoms with Gasteiger partial charge in [-0.3, -0.25) is 4.40 Å². The molecule has 2 aromatic rings. The Bertz CT molecular complexity index is 369. The van der Waals surface area contributed by atoms with E-state index >= 15 is 0 Å². The Morgan fingerprint density at radius 1 is 1.50 bits per heavy atom. The van der Waals surface area contributed by atoms with Gasteiger partial charge in [-0.1, -0.05) is 6.42 Å². The molecule has 0 aromatic carbocycles. The van der Waals surface area contributed by atoms with Crippen LogP contribution < -0.4 is 0 Å². The van der Waals surface area contributed by atoms with Crippen molar-refractivity contribution < 1.29 is 0 Å². The molecule has 3 heteroatoms. The highest BCUT2D eigenvalue weighted by Crippen LogP contribution is 2.39. The van der Waals surface area contributed by atoms with Gasteiger partial charge in [-0.25, -0.2) is 4.98 Å². The van der Waals surface area contributed by atoms with Crippen LogP contribution in [0.15, 0.2) is 18.7 Å². The van der Waals surface area contributed by atoms with Crippen molar-refractivity contribution in [1.29, 1.82) is 0 Å². The molecule has 1 saturated carbocycles. The largest absolute Gasteiger partial charge is 0.297 e. The fraction of sp³-hybridized carbons (Fsp3) is 0.444. The Morgan fingerprint density at radius 3 is 3.08 bits per heavy atom. The van der Waals surface area contributed by atoms with E-state index < -0.39 is 0 Å². The number of rotatable bonds is 1. The van der Waals surface area contributed by atoms with Crippen LogP contribution in [0.4, 0.5) is 0 Å². The lowest BCUT2D eigenvalue weighted by molar-refractivity contribution is 0.425. The lowest BCUT2D eigenvalue weighted by atomic mass is 9.85. The van der Waals surface area contributed by atoms with Gasteiger partial charge in [0.1, 0.15) is 4.83 Å². The van der Waals surface area contributed by atoms with Crippen molar-refractivity contribution in [3.05, 3.63) is 23.6 Å². The molecular weight excluding hydrogens is 168 g/mol. The van der Waals surface area contributed by atoms with Gasteiger partial charge in [-0.05, 0) is 18.8 Å². The minimum Gasteiger partial charge on any atom is -0.297 e. The molecule has 12 heavy (non-hydrogen) atoms. The van der Waals surface area contributed by atoms with Crippen LogP contribution >= 0.6 is 11.3 Å². The highest BCUT2D eigenvalue weighted by Gasteiger charge is 2.21. The topological polar surface area (TPSA) is 17.3 Å². The molecule has 0 bridgehead atoms. The number of hydrogen-bond acceptors (Lipinski definition) is 2. The van der Waals surface area contributed by atoms with Gasteiger partial charge in [0, 0.05) is 11.1 Å². The van der Waals surface area contributed by atoms with Crippen LogP contribution in [0.2, 0.25) is 0 Å². The molecule has 2 heterocycles. The third-order valence-electron chi connectivity index (χ3n) is 2.63. The Morgan fingerprint density at radius 2 is 2.42 bits per heavy atom. The third-order valence-corrected chi connectivity index (χ3v) is 3.83. The van der Waals surface area contributed by atoms with Gasteiger partial charge in [0.15, 0.2) is 0 Å². The summed E-state index contributed by atoms with van der Waals surface area (Å²) in [6.07, 6.45) is 10.2. The van der Waals surface area contributed by atoms with E-state index in [1.54, 1.807) is 4.88 Å². The Labute approximate surface area is 74.9 Å². The number of imidazole rings is 1. The van der Waals surface area contributed by atoms with Gasteiger partial charge in [0.25, 0.3) is 0 Å². The van der Waals surface area contributed by atoms with E-state index in [4.69, 9.17) is 0 Å². The minimum atomic E-state index is 0.856. The first kappa shape index (κ1) is 6.66. The first-order valence-electron chi connectivity index (χ1n) is 4.35. The molecule has 0 N–H and O–H groups in total. The first-order valence-corrected chi connectivity index (χ1v) is 5.16. The summed E-state index contributed by atoms with van der Waals surface area (Å²) in [6, 6.07) is 0. The average Bonchev–Trinajstić information content (AvgIpc) is 2.40. The Hall–Kier alpha value is -0.830. The Kier molecular flexibility index (Phi) is 1.29. The van der Waals surface area contributed by atoms with Crippen LogP contribution in [0.1, 0.15) is 30.1 Å². The van der Waals surface area contributed by atoms with E-state index in [0.29, 0.717) is 0 Å². The maximum Gasteiger partial charge on any atom is 0.119 e. The summed E-state index contributed by atoms with van der Waals surface area (Å²) < 4.78 is 2.12. The van der Waals surface area contributed by atoms with Gasteiger partial charge >= 0.3 is 0 Å². The van der Waals surface area contributed by atoms with Crippen LogP contribution in [0.5, 0.6) is 0 Å². The maximum absolute atomic E-state index is 4.08. The molecule has 0 saturated heterocycles. The molecule has 62 valence electrons. The fourth-order valence-electron chi connectivity index (χ4n) is 1.63. The summed E-state index contributed by atoms with van der Waals surface area (Å²) in [7, 11) is 0. The maximum atomic E-state index is 4.08. The molecule has 1 aliphatic rings. The third kappa shape index (κ3) is 0.829. The van der Waals surface area contributed by atoms with Gasteiger partial charge in [0.05, 0.1) is 12.5 Å². The predicted molar refractivity (Wildman–Crippen MR) is 49.7 cm³/mol. The molecule has 0 amide bonds. The van der Waals surface area contributed by atoms with Crippen molar-refractivity contribution in [1.82, 2.24) is 9.38 Å². The van der Waals surface area contributed by atoms with Gasteiger partial charge < -0.3 is 0 Å². The Balaban J connectivity index is 2.08. The smallest absolute Gasteiger partial charge is 0.119 e. The van der Waals surface area contributed by atoms with E-state index in [-0.39, 0.29) is 0 Å². The van der Waals surface area contributed by atoms with Gasteiger partial charge in [-0.2, -0.15) is 0 Å². The summed E-state index contributed by atoms with van der Waals surface area (Å²) in [5.74, 6) is 0.856. The zero-order valence-electron chi connectivity index (χ0n) is 6.73. The lowest BCUT2D eigenvalue weighted by Gasteiger charge is -2.23. The van der Waals surface area contributed by atoms with Crippen LogP contribution in [-0.2, 0) is 0 Å². The van der Waals surface area contributed by atoms with Gasteiger partial charge in [-0.15, -0.1) is 11.3 Å². The first-order chi connectivity index (χ1) is 5.93. The molecule has 0 atom stereocenters. The van der Waals surface area contributed by atoms with Crippen molar-refractivity contribution in [3.63, 3.8) is 0 Å². The van der Waals surface area contributed by atoms with Crippen LogP contribution in [0.25, 0.3) is 4.83 Å². The SMILES string of the molecule is c1ncn2cc(C3CCC3)sc12. The minimum absolute atomic E-state index is 0.856. The second kappa shape index (κ2) is 2.33. The second-order valence-corrected chi connectivity index (χ2v) is 4.49. The van der Waals surface area contributed by atoms with Crippen molar-refractivity contribution in [3.8, 4) is 0 Å². The van der Waals surface area contributed by atoms with Crippen molar-refractivity contribution >= 4 is 16.2 Å². The van der Waals surface area contributed by atoms with E-state index in [1.807, 2.05) is 23.9 Å². The van der Waals surface area contributed by atoms with Gasteiger partial charge in [0.2, 0.25) is 0 Å². The molecule has 1 fully saturated rings. The average molecular weight is 178 g/mol. The quantitative estimate of drug-likeness (QED) is 0.656. The molecule has 2 nitrogen and oxygen atoms in total. The number of aromatic nitrogens is 2. The molecular formula is C9H10N2S. The number of thiazole rings is 1. The summed E-state index contributed by atoms with van der Waals surface area (Å²) in [5, 5.41) is 0. The highest BCUT2D eigenvalue weighted by atomic mass is 32.1. The van der Waals surface area contributed by atoms with Crippen molar-refractivity contribution in [2.45, 2.75) is 25.2 Å². The molecule has 0 unspecified atom stereocenters. The van der Waals surface area contributed by atoms with E-state index in [9.17, 15) is 0 Å². The van der Waals surface area contributed by atoms with E-state index in [0.717, 1.165) is 5.92 Å². The van der Waals surface area contributed by atoms with E-state index in [1.165, 1.54) is 24.1 Å². The molecule has 1 aliphatic carbocycles. The second-order valence-electron chi connectivity index (χ2n) is 3.40.